The van der Waals surface area contributed by atoms with Crippen molar-refractivity contribution in [2.24, 2.45) is 16.8 Å². The molecule has 1 aromatic carbocycles. The maximum absolute atomic E-state index is 5.80. The first-order valence-electron chi connectivity index (χ1n) is 7.67. The number of piperidine rings is 1. The molecule has 0 amide bonds. The molecule has 0 saturated carbocycles. The van der Waals surface area contributed by atoms with Crippen LogP contribution in [0, 0.1) is 5.92 Å². The van der Waals surface area contributed by atoms with Crippen molar-refractivity contribution in [1.82, 2.24) is 10.3 Å². The van der Waals surface area contributed by atoms with Crippen molar-refractivity contribution < 1.29 is 4.74 Å². The second-order valence-corrected chi connectivity index (χ2v) is 6.14. The van der Waals surface area contributed by atoms with Gasteiger partial charge in [0.25, 0.3) is 0 Å². The molecule has 1 aliphatic heterocycles. The Balaban J connectivity index is 1.72. The molecule has 3 N–H and O–H groups in total. The van der Waals surface area contributed by atoms with Gasteiger partial charge >= 0.3 is 0 Å². The predicted octanol–water partition coefficient (Wildman–Crippen LogP) is 1.96. The van der Waals surface area contributed by atoms with Crippen molar-refractivity contribution in [3.8, 4) is 5.75 Å². The lowest BCUT2D eigenvalue weighted by atomic mass is 10.0. The van der Waals surface area contributed by atoms with E-state index in [-0.39, 0.29) is 5.11 Å². The molecule has 1 saturated heterocycles. The van der Waals surface area contributed by atoms with Gasteiger partial charge in [-0.3, -0.25) is 10.3 Å². The van der Waals surface area contributed by atoms with Crippen LogP contribution in [0.2, 0.25) is 0 Å². The minimum atomic E-state index is 0.156. The Kier molecular flexibility index (Phi) is 6.61. The van der Waals surface area contributed by atoms with Gasteiger partial charge in [-0.25, -0.2) is 0 Å². The van der Waals surface area contributed by atoms with Crippen molar-refractivity contribution in [3.63, 3.8) is 0 Å². The Morgan fingerprint density at radius 3 is 2.95 bits per heavy atom. The molecular weight excluding hydrogens is 296 g/mol. The Labute approximate surface area is 137 Å². The molecule has 1 unspecified atom stereocenters. The molecule has 0 radical (unpaired) electrons. The van der Waals surface area contributed by atoms with Crippen LogP contribution in [0.4, 0.5) is 0 Å². The summed E-state index contributed by atoms with van der Waals surface area (Å²) in [6, 6.07) is 7.79. The van der Waals surface area contributed by atoms with E-state index >= 15 is 0 Å². The fraction of sp³-hybridized carbons (Fsp3) is 0.500. The lowest BCUT2D eigenvalue weighted by Crippen LogP contribution is -2.37. The van der Waals surface area contributed by atoms with Crippen LogP contribution in [0.3, 0.4) is 0 Å². The normalized spacial score (nSPS) is 19.2. The number of thiocarbonyl (C=S) groups is 1. The number of ether oxygens (including phenoxy) is 1. The molecule has 0 spiro atoms. The highest BCUT2D eigenvalue weighted by atomic mass is 32.1. The maximum atomic E-state index is 5.80. The summed E-state index contributed by atoms with van der Waals surface area (Å²) in [4.78, 5) is 2.48. The number of nitrogens with one attached hydrogen (secondary N) is 1. The van der Waals surface area contributed by atoms with Gasteiger partial charge < -0.3 is 10.5 Å². The zero-order chi connectivity index (χ0) is 15.8. The molecule has 6 heteroatoms. The number of hydrogen-bond donors (Lipinski definition) is 2. The van der Waals surface area contributed by atoms with Crippen LogP contribution in [0.5, 0.6) is 5.75 Å². The minimum absolute atomic E-state index is 0.156. The summed E-state index contributed by atoms with van der Waals surface area (Å²) in [6.45, 7) is 6.42. The zero-order valence-electron chi connectivity index (χ0n) is 13.0. The summed E-state index contributed by atoms with van der Waals surface area (Å²) in [5, 5.41) is 4.07. The van der Waals surface area contributed by atoms with Crippen LogP contribution < -0.4 is 15.9 Å². The van der Waals surface area contributed by atoms with E-state index in [0.29, 0.717) is 0 Å². The van der Waals surface area contributed by atoms with E-state index in [1.54, 1.807) is 6.21 Å². The summed E-state index contributed by atoms with van der Waals surface area (Å²) in [6.07, 6.45) is 4.32. The van der Waals surface area contributed by atoms with E-state index in [2.05, 4.69) is 34.6 Å². The highest BCUT2D eigenvalue weighted by Gasteiger charge is 2.15. The van der Waals surface area contributed by atoms with Crippen molar-refractivity contribution >= 4 is 23.5 Å². The number of benzene rings is 1. The molecule has 1 aromatic rings. The Hall–Kier alpha value is -1.66. The van der Waals surface area contributed by atoms with Gasteiger partial charge in [0.05, 0.1) is 6.21 Å². The number of nitrogens with zero attached hydrogens (tertiary/aromatic N) is 2. The summed E-state index contributed by atoms with van der Waals surface area (Å²) < 4.78 is 5.80. The van der Waals surface area contributed by atoms with Crippen LogP contribution in [0.1, 0.15) is 25.3 Å². The molecule has 0 bridgehead atoms. The van der Waals surface area contributed by atoms with Crippen LogP contribution in [0.15, 0.2) is 29.4 Å². The van der Waals surface area contributed by atoms with Gasteiger partial charge in [-0.05, 0) is 67.4 Å². The van der Waals surface area contributed by atoms with Crippen LogP contribution >= 0.6 is 12.2 Å². The van der Waals surface area contributed by atoms with Gasteiger partial charge in [0.15, 0.2) is 5.11 Å². The first-order chi connectivity index (χ1) is 10.6. The van der Waals surface area contributed by atoms with Crippen LogP contribution in [0.25, 0.3) is 0 Å². The third-order valence-corrected chi connectivity index (χ3v) is 3.78. The van der Waals surface area contributed by atoms with Crippen molar-refractivity contribution in [3.05, 3.63) is 29.8 Å². The van der Waals surface area contributed by atoms with E-state index in [4.69, 9.17) is 10.5 Å². The SMILES string of the molecule is CC1CCCN(CCOc2ccc(C=NNC(N)=S)cc2)C1. The minimum Gasteiger partial charge on any atom is -0.492 e. The smallest absolute Gasteiger partial charge is 0.184 e. The van der Waals surface area contributed by atoms with Crippen molar-refractivity contribution in [1.29, 1.82) is 0 Å². The average molecular weight is 320 g/mol. The lowest BCUT2D eigenvalue weighted by Gasteiger charge is -2.30. The highest BCUT2D eigenvalue weighted by Crippen LogP contribution is 2.15. The van der Waals surface area contributed by atoms with E-state index in [1.165, 1.54) is 25.9 Å². The number of likely N-dealkylation sites (tertiary alicyclic amines) is 1. The van der Waals surface area contributed by atoms with E-state index in [0.717, 1.165) is 30.4 Å². The quantitative estimate of drug-likeness (QED) is 0.477. The third-order valence-electron chi connectivity index (χ3n) is 3.69. The second kappa shape index (κ2) is 8.70. The van der Waals surface area contributed by atoms with Gasteiger partial charge in [-0.1, -0.05) is 6.92 Å². The van der Waals surface area contributed by atoms with Crippen molar-refractivity contribution in [2.75, 3.05) is 26.2 Å². The summed E-state index contributed by atoms with van der Waals surface area (Å²) in [5.41, 5.74) is 8.77. The Morgan fingerprint density at radius 2 is 2.27 bits per heavy atom. The molecule has 22 heavy (non-hydrogen) atoms. The van der Waals surface area contributed by atoms with Gasteiger partial charge in [0, 0.05) is 13.1 Å². The number of hydrogen-bond acceptors (Lipinski definition) is 4. The first-order valence-corrected chi connectivity index (χ1v) is 8.08. The second-order valence-electron chi connectivity index (χ2n) is 5.70. The molecule has 1 heterocycles. The third kappa shape index (κ3) is 5.99. The molecule has 0 aromatic heterocycles. The molecule has 5 nitrogen and oxygen atoms in total. The number of nitrogens with two attached hydrogens (primary N) is 1. The molecule has 1 atom stereocenters. The molecule has 1 aliphatic rings. The number of hydrazone groups is 1. The highest BCUT2D eigenvalue weighted by molar-refractivity contribution is 7.80. The van der Waals surface area contributed by atoms with Crippen molar-refractivity contribution in [2.45, 2.75) is 19.8 Å². The molecular formula is C16H24N4OS. The van der Waals surface area contributed by atoms with E-state index in [1.807, 2.05) is 24.3 Å². The summed E-state index contributed by atoms with van der Waals surface area (Å²) in [5.74, 6) is 1.69. The summed E-state index contributed by atoms with van der Waals surface area (Å²) >= 11 is 4.67. The monoisotopic (exact) mass is 320 g/mol. The topological polar surface area (TPSA) is 62.9 Å². The Bertz CT molecular complexity index is 503. The lowest BCUT2D eigenvalue weighted by molar-refractivity contribution is 0.153. The van der Waals surface area contributed by atoms with E-state index < -0.39 is 0 Å². The van der Waals surface area contributed by atoms with Gasteiger partial charge in [0.1, 0.15) is 12.4 Å². The number of rotatable bonds is 6. The van der Waals surface area contributed by atoms with Crippen LogP contribution in [-0.4, -0.2) is 42.5 Å². The largest absolute Gasteiger partial charge is 0.492 e. The Morgan fingerprint density at radius 1 is 1.50 bits per heavy atom. The van der Waals surface area contributed by atoms with Crippen LogP contribution in [-0.2, 0) is 0 Å². The standard InChI is InChI=1S/C16H24N4OS/c1-13-3-2-8-20(12-13)9-10-21-15-6-4-14(5-7-15)11-18-19-16(17)22/h4-7,11,13H,2-3,8-10,12H2,1H3,(H3,17,19,22). The summed E-state index contributed by atoms with van der Waals surface area (Å²) in [7, 11) is 0. The molecule has 2 rings (SSSR count). The average Bonchev–Trinajstić information content (AvgIpc) is 2.49. The first kappa shape index (κ1) is 16.7. The molecule has 1 fully saturated rings. The fourth-order valence-corrected chi connectivity index (χ4v) is 2.66. The van der Waals surface area contributed by atoms with E-state index in [9.17, 15) is 0 Å². The van der Waals surface area contributed by atoms with Gasteiger partial charge in [-0.15, -0.1) is 0 Å². The van der Waals surface area contributed by atoms with Gasteiger partial charge in [0.2, 0.25) is 0 Å². The molecule has 120 valence electrons. The van der Waals surface area contributed by atoms with Gasteiger partial charge in [-0.2, -0.15) is 5.10 Å². The zero-order valence-corrected chi connectivity index (χ0v) is 13.8. The predicted molar refractivity (Wildman–Crippen MR) is 94.3 cm³/mol. The maximum Gasteiger partial charge on any atom is 0.184 e. The molecule has 0 aliphatic carbocycles. The fourth-order valence-electron chi connectivity index (χ4n) is 2.60.